The monoisotopic (exact) mass is 324 g/mol. The van der Waals surface area contributed by atoms with Crippen molar-refractivity contribution in [3.05, 3.63) is 53.5 Å². The van der Waals surface area contributed by atoms with Gasteiger partial charge in [-0.2, -0.15) is 5.10 Å². The molecular formula is C18H20N4O2. The minimum atomic E-state index is -0.142. The topological polar surface area (TPSA) is 71.9 Å². The Hall–Kier alpha value is -2.60. The second kappa shape index (κ2) is 5.79. The molecule has 0 spiro atoms. The molecule has 0 unspecified atom stereocenters. The van der Waals surface area contributed by atoms with Gasteiger partial charge in [0.1, 0.15) is 6.10 Å². The number of hydrogen-bond acceptors (Lipinski definition) is 3. The summed E-state index contributed by atoms with van der Waals surface area (Å²) >= 11 is 0. The van der Waals surface area contributed by atoms with Crippen LogP contribution in [0.25, 0.3) is 10.9 Å². The molecule has 4 rings (SSSR count). The van der Waals surface area contributed by atoms with E-state index in [1.807, 2.05) is 55.3 Å². The number of aryl methyl sites for hydroxylation is 1. The lowest BCUT2D eigenvalue weighted by atomic mass is 10.0. The molecule has 1 aliphatic rings. The van der Waals surface area contributed by atoms with Gasteiger partial charge in [0.2, 0.25) is 0 Å². The fraction of sp³-hybridized carbons (Fsp3) is 0.333. The first-order valence-corrected chi connectivity index (χ1v) is 8.11. The second-order valence-corrected chi connectivity index (χ2v) is 6.25. The number of benzene rings is 1. The fourth-order valence-electron chi connectivity index (χ4n) is 3.28. The molecule has 3 heterocycles. The minimum absolute atomic E-state index is 0.0419. The van der Waals surface area contributed by atoms with E-state index in [-0.39, 0.29) is 18.1 Å². The van der Waals surface area contributed by atoms with Crippen LogP contribution in [0.4, 0.5) is 0 Å². The molecule has 2 aromatic heterocycles. The van der Waals surface area contributed by atoms with Crippen LogP contribution < -0.4 is 5.32 Å². The summed E-state index contributed by atoms with van der Waals surface area (Å²) in [4.78, 5) is 15.8. The molecule has 124 valence electrons. The van der Waals surface area contributed by atoms with Crippen LogP contribution in [0, 0.1) is 6.92 Å². The van der Waals surface area contributed by atoms with Crippen LogP contribution in [0.15, 0.2) is 36.7 Å². The zero-order valence-electron chi connectivity index (χ0n) is 13.7. The number of hydrogen-bond donors (Lipinski definition) is 2. The maximum absolute atomic E-state index is 12.6. The lowest BCUT2D eigenvalue weighted by Gasteiger charge is -2.20. The van der Waals surface area contributed by atoms with E-state index in [1.165, 1.54) is 0 Å². The number of carbonyl (C=O) groups excluding carboxylic acids is 1. The maximum Gasteiger partial charge on any atom is 0.251 e. The van der Waals surface area contributed by atoms with Gasteiger partial charge in [-0.15, -0.1) is 0 Å². The van der Waals surface area contributed by atoms with Gasteiger partial charge in [0.25, 0.3) is 5.91 Å². The van der Waals surface area contributed by atoms with Gasteiger partial charge in [-0.1, -0.05) is 6.07 Å². The summed E-state index contributed by atoms with van der Waals surface area (Å²) in [5.74, 6) is -0.0754. The first-order valence-electron chi connectivity index (χ1n) is 8.11. The molecule has 6 heteroatoms. The van der Waals surface area contributed by atoms with Gasteiger partial charge < -0.3 is 15.0 Å². The Labute approximate surface area is 139 Å². The van der Waals surface area contributed by atoms with Crippen molar-refractivity contribution in [3.8, 4) is 0 Å². The van der Waals surface area contributed by atoms with E-state index in [0.29, 0.717) is 12.2 Å². The third-order valence-corrected chi connectivity index (χ3v) is 4.81. The molecule has 24 heavy (non-hydrogen) atoms. The van der Waals surface area contributed by atoms with Gasteiger partial charge >= 0.3 is 0 Å². The highest BCUT2D eigenvalue weighted by atomic mass is 16.5. The standard InChI is InChI=1S/C18H20N4O2/c1-11-14(10-20-22(11)2)17-15(6-8-24-17)21-18(23)13-4-3-12-5-7-19-16(12)9-13/h3-5,7,9-10,15,17,19H,6,8H2,1-2H3,(H,21,23)/t15-,17+/m0/s1. The van der Waals surface area contributed by atoms with E-state index in [2.05, 4.69) is 15.4 Å². The third-order valence-electron chi connectivity index (χ3n) is 4.81. The first kappa shape index (κ1) is 15.0. The first-order chi connectivity index (χ1) is 11.6. The predicted molar refractivity (Wildman–Crippen MR) is 90.8 cm³/mol. The number of H-pyrrole nitrogens is 1. The molecule has 6 nitrogen and oxygen atoms in total. The lowest BCUT2D eigenvalue weighted by molar-refractivity contribution is 0.0819. The van der Waals surface area contributed by atoms with Crippen molar-refractivity contribution in [1.82, 2.24) is 20.1 Å². The predicted octanol–water partition coefficient (Wildman–Crippen LogP) is 2.47. The molecule has 1 saturated heterocycles. The van der Waals surface area contributed by atoms with Crippen molar-refractivity contribution in [2.24, 2.45) is 7.05 Å². The summed E-state index contributed by atoms with van der Waals surface area (Å²) < 4.78 is 7.69. The van der Waals surface area contributed by atoms with Crippen molar-refractivity contribution in [1.29, 1.82) is 0 Å². The van der Waals surface area contributed by atoms with Crippen LogP contribution in [-0.2, 0) is 11.8 Å². The second-order valence-electron chi connectivity index (χ2n) is 6.25. The van der Waals surface area contributed by atoms with Crippen LogP contribution in [-0.4, -0.2) is 33.3 Å². The number of nitrogens with one attached hydrogen (secondary N) is 2. The lowest BCUT2D eigenvalue weighted by Crippen LogP contribution is -2.36. The van der Waals surface area contributed by atoms with Gasteiger partial charge in [0, 0.05) is 42.2 Å². The average Bonchev–Trinajstić information content (AvgIpc) is 3.29. The number of fused-ring (bicyclic) bond motifs is 1. The molecule has 0 radical (unpaired) electrons. The van der Waals surface area contributed by atoms with E-state index >= 15 is 0 Å². The summed E-state index contributed by atoms with van der Waals surface area (Å²) in [7, 11) is 1.91. The van der Waals surface area contributed by atoms with Crippen LogP contribution in [0.5, 0.6) is 0 Å². The third kappa shape index (κ3) is 2.49. The number of rotatable bonds is 3. The molecule has 1 aliphatic heterocycles. The highest BCUT2D eigenvalue weighted by Crippen LogP contribution is 2.31. The normalized spacial score (nSPS) is 20.6. The number of nitrogens with zero attached hydrogens (tertiary/aromatic N) is 2. The summed E-state index contributed by atoms with van der Waals surface area (Å²) in [5.41, 5.74) is 3.72. The molecule has 1 fully saturated rings. The summed E-state index contributed by atoms with van der Waals surface area (Å²) in [6.07, 6.45) is 4.36. The Morgan fingerprint density at radius 2 is 2.29 bits per heavy atom. The van der Waals surface area contributed by atoms with Crippen molar-refractivity contribution >= 4 is 16.8 Å². The van der Waals surface area contributed by atoms with E-state index in [9.17, 15) is 4.79 Å². The zero-order valence-corrected chi connectivity index (χ0v) is 13.7. The highest BCUT2D eigenvalue weighted by Gasteiger charge is 2.33. The Kier molecular flexibility index (Phi) is 3.61. The van der Waals surface area contributed by atoms with Crippen LogP contribution >= 0.6 is 0 Å². The summed E-state index contributed by atoms with van der Waals surface area (Å²) in [5, 5.41) is 8.50. The molecule has 0 saturated carbocycles. The Bertz CT molecular complexity index is 895. The Morgan fingerprint density at radius 1 is 1.42 bits per heavy atom. The van der Waals surface area contributed by atoms with Crippen molar-refractivity contribution in [2.45, 2.75) is 25.5 Å². The van der Waals surface area contributed by atoms with E-state index in [0.717, 1.165) is 28.6 Å². The molecule has 2 N–H and O–H groups in total. The van der Waals surface area contributed by atoms with Gasteiger partial charge in [0.05, 0.1) is 12.2 Å². The SMILES string of the molecule is Cc1c([C@H]2OCC[C@@H]2NC(=O)c2ccc3cc[nH]c3c2)cnn1C. The molecule has 3 aromatic rings. The van der Waals surface area contributed by atoms with Crippen LogP contribution in [0.3, 0.4) is 0 Å². The molecule has 2 atom stereocenters. The highest BCUT2D eigenvalue weighted by molar-refractivity contribution is 5.98. The largest absolute Gasteiger partial charge is 0.371 e. The maximum atomic E-state index is 12.6. The smallest absolute Gasteiger partial charge is 0.251 e. The van der Waals surface area contributed by atoms with Crippen molar-refractivity contribution < 1.29 is 9.53 Å². The van der Waals surface area contributed by atoms with Crippen molar-refractivity contribution in [2.75, 3.05) is 6.61 Å². The van der Waals surface area contributed by atoms with Gasteiger partial charge in [-0.05, 0) is 36.9 Å². The summed E-state index contributed by atoms with van der Waals surface area (Å²) in [6, 6.07) is 7.63. The number of ether oxygens (including phenoxy) is 1. The summed E-state index contributed by atoms with van der Waals surface area (Å²) in [6.45, 7) is 2.65. The Balaban J connectivity index is 1.55. The molecule has 1 amide bonds. The van der Waals surface area contributed by atoms with Crippen molar-refractivity contribution in [3.63, 3.8) is 0 Å². The quantitative estimate of drug-likeness (QED) is 0.777. The molecule has 1 aromatic carbocycles. The zero-order chi connectivity index (χ0) is 16.7. The fourth-order valence-corrected chi connectivity index (χ4v) is 3.28. The Morgan fingerprint density at radius 3 is 3.08 bits per heavy atom. The van der Waals surface area contributed by atoms with Crippen LogP contribution in [0.2, 0.25) is 0 Å². The molecular weight excluding hydrogens is 304 g/mol. The minimum Gasteiger partial charge on any atom is -0.371 e. The molecule has 0 aliphatic carbocycles. The average molecular weight is 324 g/mol. The van der Waals surface area contributed by atoms with Gasteiger partial charge in [0.15, 0.2) is 0 Å². The van der Waals surface area contributed by atoms with Gasteiger partial charge in [-0.3, -0.25) is 9.48 Å². The number of aromatic amines is 1. The van der Waals surface area contributed by atoms with Gasteiger partial charge in [-0.25, -0.2) is 0 Å². The van der Waals surface area contributed by atoms with E-state index < -0.39 is 0 Å². The molecule has 0 bridgehead atoms. The van der Waals surface area contributed by atoms with E-state index in [4.69, 9.17) is 4.74 Å². The number of carbonyl (C=O) groups is 1. The number of aromatic nitrogens is 3. The van der Waals surface area contributed by atoms with Crippen LogP contribution in [0.1, 0.15) is 34.1 Å². The number of amides is 1. The van der Waals surface area contributed by atoms with E-state index in [1.54, 1.807) is 0 Å².